The molecule has 23 heavy (non-hydrogen) atoms. The van der Waals surface area contributed by atoms with Gasteiger partial charge in [0.1, 0.15) is 5.75 Å². The van der Waals surface area contributed by atoms with E-state index in [0.29, 0.717) is 31.2 Å². The van der Waals surface area contributed by atoms with E-state index >= 15 is 0 Å². The number of piperidine rings is 1. The molecule has 1 aliphatic heterocycles. The highest BCUT2D eigenvalue weighted by Crippen LogP contribution is 2.18. The molecule has 1 saturated heterocycles. The third-order valence-electron chi connectivity index (χ3n) is 4.18. The van der Waals surface area contributed by atoms with E-state index < -0.39 is 9.84 Å². The SMILES string of the molecule is CC1CCCCN1C(=O)CCCOc1ccc(S(C)(=O)=O)cc1. The van der Waals surface area contributed by atoms with Gasteiger partial charge in [-0.1, -0.05) is 0 Å². The molecule has 1 unspecified atom stereocenters. The molecule has 0 aromatic heterocycles. The summed E-state index contributed by atoms with van der Waals surface area (Å²) in [6, 6.07) is 6.70. The van der Waals surface area contributed by atoms with Crippen molar-refractivity contribution in [3.05, 3.63) is 24.3 Å². The summed E-state index contributed by atoms with van der Waals surface area (Å²) in [5.41, 5.74) is 0. The summed E-state index contributed by atoms with van der Waals surface area (Å²) in [6.45, 7) is 3.43. The molecule has 1 aromatic carbocycles. The zero-order chi connectivity index (χ0) is 16.9. The molecule has 1 amide bonds. The van der Waals surface area contributed by atoms with Crippen LogP contribution in [-0.2, 0) is 14.6 Å². The maximum Gasteiger partial charge on any atom is 0.222 e. The van der Waals surface area contributed by atoms with Gasteiger partial charge in [-0.2, -0.15) is 0 Å². The first-order valence-corrected chi connectivity index (χ1v) is 9.99. The van der Waals surface area contributed by atoms with E-state index in [0.717, 1.165) is 19.4 Å². The van der Waals surface area contributed by atoms with E-state index in [1.165, 1.54) is 24.8 Å². The Hall–Kier alpha value is -1.56. The van der Waals surface area contributed by atoms with Crippen LogP contribution in [0.4, 0.5) is 0 Å². The number of amides is 1. The van der Waals surface area contributed by atoms with Gasteiger partial charge in [-0.25, -0.2) is 8.42 Å². The molecule has 2 rings (SSSR count). The molecule has 1 aromatic rings. The molecule has 0 saturated carbocycles. The molecule has 1 fully saturated rings. The Morgan fingerprint density at radius 3 is 2.57 bits per heavy atom. The number of hydrogen-bond donors (Lipinski definition) is 0. The largest absolute Gasteiger partial charge is 0.494 e. The third kappa shape index (κ3) is 5.23. The van der Waals surface area contributed by atoms with Crippen LogP contribution < -0.4 is 4.74 Å². The van der Waals surface area contributed by atoms with Crippen molar-refractivity contribution in [2.45, 2.75) is 50.0 Å². The van der Waals surface area contributed by atoms with Crippen molar-refractivity contribution in [2.75, 3.05) is 19.4 Å². The van der Waals surface area contributed by atoms with E-state index in [-0.39, 0.29) is 10.8 Å². The maximum atomic E-state index is 12.2. The zero-order valence-electron chi connectivity index (χ0n) is 13.8. The molecule has 1 heterocycles. The summed E-state index contributed by atoms with van der Waals surface area (Å²) in [7, 11) is -3.18. The average molecular weight is 339 g/mol. The molecule has 6 heteroatoms. The lowest BCUT2D eigenvalue weighted by atomic mass is 10.0. The standard InChI is InChI=1S/C17H25NO4S/c1-14-6-3-4-12-18(14)17(19)7-5-13-22-15-8-10-16(11-9-15)23(2,20)21/h8-11,14H,3-7,12-13H2,1-2H3. The summed E-state index contributed by atoms with van der Waals surface area (Å²) in [4.78, 5) is 14.4. The fourth-order valence-electron chi connectivity index (χ4n) is 2.81. The Morgan fingerprint density at radius 1 is 1.26 bits per heavy atom. The van der Waals surface area contributed by atoms with Gasteiger partial charge in [-0.05, 0) is 56.9 Å². The first-order valence-electron chi connectivity index (χ1n) is 8.10. The molecule has 0 bridgehead atoms. The predicted molar refractivity (Wildman–Crippen MR) is 89.3 cm³/mol. The van der Waals surface area contributed by atoms with Crippen LogP contribution in [0.2, 0.25) is 0 Å². The molecule has 128 valence electrons. The van der Waals surface area contributed by atoms with Crippen molar-refractivity contribution < 1.29 is 17.9 Å². The van der Waals surface area contributed by atoms with Crippen LogP contribution in [0.1, 0.15) is 39.0 Å². The minimum absolute atomic E-state index is 0.202. The molecule has 0 spiro atoms. The van der Waals surface area contributed by atoms with E-state index in [4.69, 9.17) is 4.74 Å². The van der Waals surface area contributed by atoms with Gasteiger partial charge in [-0.15, -0.1) is 0 Å². The maximum absolute atomic E-state index is 12.2. The van der Waals surface area contributed by atoms with Gasteiger partial charge in [0.25, 0.3) is 0 Å². The summed E-state index contributed by atoms with van der Waals surface area (Å²) < 4.78 is 28.3. The number of nitrogens with zero attached hydrogens (tertiary/aromatic N) is 1. The van der Waals surface area contributed by atoms with Crippen LogP contribution in [0.15, 0.2) is 29.2 Å². The third-order valence-corrected chi connectivity index (χ3v) is 5.31. The smallest absolute Gasteiger partial charge is 0.222 e. The number of ether oxygens (including phenoxy) is 1. The van der Waals surface area contributed by atoms with Crippen molar-refractivity contribution >= 4 is 15.7 Å². The van der Waals surface area contributed by atoms with E-state index in [1.54, 1.807) is 12.1 Å². The first-order chi connectivity index (χ1) is 10.9. The fourth-order valence-corrected chi connectivity index (χ4v) is 3.44. The van der Waals surface area contributed by atoms with Crippen molar-refractivity contribution in [3.63, 3.8) is 0 Å². The van der Waals surface area contributed by atoms with Crippen LogP contribution in [0.3, 0.4) is 0 Å². The Balaban J connectivity index is 1.74. The molecule has 0 radical (unpaired) electrons. The van der Waals surface area contributed by atoms with Crippen LogP contribution >= 0.6 is 0 Å². The number of hydrogen-bond acceptors (Lipinski definition) is 4. The van der Waals surface area contributed by atoms with Crippen molar-refractivity contribution in [3.8, 4) is 5.75 Å². The van der Waals surface area contributed by atoms with Gasteiger partial charge < -0.3 is 9.64 Å². The monoisotopic (exact) mass is 339 g/mol. The number of benzene rings is 1. The molecular weight excluding hydrogens is 314 g/mol. The Morgan fingerprint density at radius 2 is 1.96 bits per heavy atom. The molecular formula is C17H25NO4S. The number of sulfone groups is 1. The molecule has 0 N–H and O–H groups in total. The van der Waals surface area contributed by atoms with Crippen LogP contribution in [0.5, 0.6) is 5.75 Å². The van der Waals surface area contributed by atoms with Crippen molar-refractivity contribution in [1.82, 2.24) is 4.90 Å². The Kier molecular flexibility index (Phi) is 6.04. The minimum atomic E-state index is -3.18. The molecule has 5 nitrogen and oxygen atoms in total. The molecule has 0 aliphatic carbocycles. The van der Waals surface area contributed by atoms with E-state index in [9.17, 15) is 13.2 Å². The van der Waals surface area contributed by atoms with Gasteiger partial charge >= 0.3 is 0 Å². The summed E-state index contributed by atoms with van der Waals surface area (Å²) in [6.07, 6.45) is 5.73. The summed E-state index contributed by atoms with van der Waals surface area (Å²) in [5, 5.41) is 0. The lowest BCUT2D eigenvalue weighted by molar-refractivity contribution is -0.134. The lowest BCUT2D eigenvalue weighted by Crippen LogP contribution is -2.42. The second-order valence-corrected chi connectivity index (χ2v) is 8.14. The lowest BCUT2D eigenvalue weighted by Gasteiger charge is -2.33. The normalized spacial score (nSPS) is 18.7. The Bertz CT molecular complexity index is 624. The van der Waals surface area contributed by atoms with Crippen molar-refractivity contribution in [2.24, 2.45) is 0 Å². The number of rotatable bonds is 6. The van der Waals surface area contributed by atoms with Gasteiger partial charge in [0.15, 0.2) is 9.84 Å². The highest BCUT2D eigenvalue weighted by Gasteiger charge is 2.22. The fraction of sp³-hybridized carbons (Fsp3) is 0.588. The van der Waals surface area contributed by atoms with E-state index in [2.05, 4.69) is 6.92 Å². The van der Waals surface area contributed by atoms with Crippen LogP contribution in [-0.4, -0.2) is 44.7 Å². The highest BCUT2D eigenvalue weighted by molar-refractivity contribution is 7.90. The zero-order valence-corrected chi connectivity index (χ0v) is 14.6. The minimum Gasteiger partial charge on any atom is -0.494 e. The Labute approximate surface area is 138 Å². The first kappa shape index (κ1) is 17.8. The van der Waals surface area contributed by atoms with Gasteiger partial charge in [-0.3, -0.25) is 4.79 Å². The highest BCUT2D eigenvalue weighted by atomic mass is 32.2. The van der Waals surface area contributed by atoms with Crippen LogP contribution in [0.25, 0.3) is 0 Å². The summed E-state index contributed by atoms with van der Waals surface area (Å²) >= 11 is 0. The van der Waals surface area contributed by atoms with Gasteiger partial charge in [0, 0.05) is 25.3 Å². The molecule has 1 aliphatic rings. The average Bonchev–Trinajstić information content (AvgIpc) is 2.51. The predicted octanol–water partition coefficient (Wildman–Crippen LogP) is 2.65. The summed E-state index contributed by atoms with van der Waals surface area (Å²) in [5.74, 6) is 0.824. The number of carbonyl (C=O) groups is 1. The molecule has 1 atom stereocenters. The second kappa shape index (κ2) is 7.81. The van der Waals surface area contributed by atoms with Gasteiger partial charge in [0.05, 0.1) is 11.5 Å². The second-order valence-electron chi connectivity index (χ2n) is 6.13. The number of carbonyl (C=O) groups excluding carboxylic acids is 1. The van der Waals surface area contributed by atoms with Crippen LogP contribution in [0, 0.1) is 0 Å². The van der Waals surface area contributed by atoms with E-state index in [1.807, 2.05) is 4.90 Å². The number of likely N-dealkylation sites (tertiary alicyclic amines) is 1. The topological polar surface area (TPSA) is 63.7 Å². The van der Waals surface area contributed by atoms with Crippen molar-refractivity contribution in [1.29, 1.82) is 0 Å². The quantitative estimate of drug-likeness (QED) is 0.748. The van der Waals surface area contributed by atoms with Gasteiger partial charge in [0.2, 0.25) is 5.91 Å².